The summed E-state index contributed by atoms with van der Waals surface area (Å²) in [6, 6.07) is 15.5. The highest BCUT2D eigenvalue weighted by atomic mass is 14.6. The zero-order valence-electron chi connectivity index (χ0n) is 13.5. The molecule has 2 aromatic rings. The van der Waals surface area contributed by atoms with Crippen LogP contribution in [0.4, 0.5) is 0 Å². The molecule has 0 spiro atoms. The van der Waals surface area contributed by atoms with Crippen LogP contribution < -0.4 is 5.73 Å². The van der Waals surface area contributed by atoms with Crippen molar-refractivity contribution in [1.29, 1.82) is 0 Å². The summed E-state index contributed by atoms with van der Waals surface area (Å²) >= 11 is 0. The molecule has 21 heavy (non-hydrogen) atoms. The third-order valence-corrected chi connectivity index (χ3v) is 4.19. The monoisotopic (exact) mass is 281 g/mol. The minimum Gasteiger partial charge on any atom is -0.327 e. The molecule has 112 valence electrons. The topological polar surface area (TPSA) is 26.0 Å². The third-order valence-electron chi connectivity index (χ3n) is 4.19. The van der Waals surface area contributed by atoms with Gasteiger partial charge in [-0.05, 0) is 68.7 Å². The largest absolute Gasteiger partial charge is 0.327 e. The average Bonchev–Trinajstić information content (AvgIpc) is 2.44. The Hall–Kier alpha value is -1.60. The van der Waals surface area contributed by atoms with Crippen LogP contribution in [-0.4, -0.2) is 6.04 Å². The highest BCUT2D eigenvalue weighted by Crippen LogP contribution is 2.19. The van der Waals surface area contributed by atoms with E-state index in [1.807, 2.05) is 0 Å². The molecule has 2 rings (SSSR count). The van der Waals surface area contributed by atoms with Gasteiger partial charge >= 0.3 is 0 Å². The number of hydrogen-bond donors (Lipinski definition) is 1. The number of rotatable bonds is 6. The first-order valence-corrected chi connectivity index (χ1v) is 7.92. The Balaban J connectivity index is 1.86. The fraction of sp³-hybridized carbons (Fsp3) is 0.400. The van der Waals surface area contributed by atoms with Crippen LogP contribution in [0.3, 0.4) is 0 Å². The van der Waals surface area contributed by atoms with Gasteiger partial charge in [0, 0.05) is 6.04 Å². The summed E-state index contributed by atoms with van der Waals surface area (Å²) in [5.41, 5.74) is 13.3. The SMILES string of the molecule is Cc1cc(C)c(CC(N)CCCc2ccccc2)c(C)c1. The Bertz CT molecular complexity index is 549. The maximum Gasteiger partial charge on any atom is 0.00796 e. The molecule has 0 bridgehead atoms. The predicted octanol–water partition coefficient (Wildman–Crippen LogP) is 4.50. The van der Waals surface area contributed by atoms with Gasteiger partial charge in [-0.25, -0.2) is 0 Å². The lowest BCUT2D eigenvalue weighted by Crippen LogP contribution is -2.23. The Morgan fingerprint density at radius 1 is 0.952 bits per heavy atom. The van der Waals surface area contributed by atoms with E-state index >= 15 is 0 Å². The molecule has 0 saturated heterocycles. The molecule has 0 aliphatic carbocycles. The van der Waals surface area contributed by atoms with Crippen molar-refractivity contribution in [3.8, 4) is 0 Å². The molecule has 0 aliphatic heterocycles. The summed E-state index contributed by atoms with van der Waals surface area (Å²) in [5.74, 6) is 0. The van der Waals surface area contributed by atoms with Gasteiger partial charge in [0.2, 0.25) is 0 Å². The summed E-state index contributed by atoms with van der Waals surface area (Å²) in [6.45, 7) is 6.56. The molecule has 1 unspecified atom stereocenters. The first kappa shape index (κ1) is 15.8. The molecule has 0 aromatic heterocycles. The molecule has 2 N–H and O–H groups in total. The lowest BCUT2D eigenvalue weighted by atomic mass is 9.92. The van der Waals surface area contributed by atoms with Gasteiger partial charge < -0.3 is 5.73 Å². The number of aryl methyl sites for hydroxylation is 4. The van der Waals surface area contributed by atoms with Crippen LogP contribution in [0.25, 0.3) is 0 Å². The van der Waals surface area contributed by atoms with Crippen LogP contribution in [0, 0.1) is 20.8 Å². The Labute approximate surface area is 129 Å². The second-order valence-electron chi connectivity index (χ2n) is 6.22. The van der Waals surface area contributed by atoms with Crippen molar-refractivity contribution >= 4 is 0 Å². The molecular weight excluding hydrogens is 254 g/mol. The third kappa shape index (κ3) is 4.71. The van der Waals surface area contributed by atoms with E-state index in [0.717, 1.165) is 25.7 Å². The summed E-state index contributed by atoms with van der Waals surface area (Å²) in [7, 11) is 0. The van der Waals surface area contributed by atoms with Crippen molar-refractivity contribution in [2.75, 3.05) is 0 Å². The van der Waals surface area contributed by atoms with E-state index in [0.29, 0.717) is 0 Å². The van der Waals surface area contributed by atoms with E-state index in [2.05, 4.69) is 63.2 Å². The predicted molar refractivity (Wildman–Crippen MR) is 91.7 cm³/mol. The Kier molecular flexibility index (Phi) is 5.58. The zero-order valence-corrected chi connectivity index (χ0v) is 13.5. The van der Waals surface area contributed by atoms with Crippen LogP contribution in [0.2, 0.25) is 0 Å². The van der Waals surface area contributed by atoms with Crippen molar-refractivity contribution in [2.45, 2.75) is 52.5 Å². The Morgan fingerprint density at radius 3 is 2.19 bits per heavy atom. The number of benzene rings is 2. The van der Waals surface area contributed by atoms with Crippen molar-refractivity contribution < 1.29 is 0 Å². The molecule has 0 fully saturated rings. The van der Waals surface area contributed by atoms with E-state index in [9.17, 15) is 0 Å². The van der Waals surface area contributed by atoms with Crippen LogP contribution in [-0.2, 0) is 12.8 Å². The molecule has 1 nitrogen and oxygen atoms in total. The average molecular weight is 281 g/mol. The highest BCUT2D eigenvalue weighted by Gasteiger charge is 2.09. The smallest absolute Gasteiger partial charge is 0.00796 e. The lowest BCUT2D eigenvalue weighted by molar-refractivity contribution is 0.578. The summed E-state index contributed by atoms with van der Waals surface area (Å²) in [6.07, 6.45) is 4.37. The maximum atomic E-state index is 6.35. The molecule has 2 aromatic carbocycles. The number of hydrogen-bond acceptors (Lipinski definition) is 1. The van der Waals surface area contributed by atoms with Crippen molar-refractivity contribution in [2.24, 2.45) is 5.73 Å². The normalized spacial score (nSPS) is 12.4. The summed E-state index contributed by atoms with van der Waals surface area (Å²) in [5, 5.41) is 0. The van der Waals surface area contributed by atoms with Gasteiger partial charge in [0.1, 0.15) is 0 Å². The molecule has 0 radical (unpaired) electrons. The van der Waals surface area contributed by atoms with Crippen LogP contribution >= 0.6 is 0 Å². The lowest BCUT2D eigenvalue weighted by Gasteiger charge is -2.16. The highest BCUT2D eigenvalue weighted by molar-refractivity contribution is 5.38. The quantitative estimate of drug-likeness (QED) is 0.828. The second-order valence-corrected chi connectivity index (χ2v) is 6.22. The van der Waals surface area contributed by atoms with Gasteiger partial charge in [-0.15, -0.1) is 0 Å². The van der Waals surface area contributed by atoms with E-state index < -0.39 is 0 Å². The first-order valence-electron chi connectivity index (χ1n) is 7.92. The molecular formula is C20H27N. The van der Waals surface area contributed by atoms with E-state index in [-0.39, 0.29) is 6.04 Å². The molecule has 1 atom stereocenters. The zero-order chi connectivity index (χ0) is 15.2. The summed E-state index contributed by atoms with van der Waals surface area (Å²) in [4.78, 5) is 0. The van der Waals surface area contributed by atoms with Crippen LogP contribution in [0.1, 0.15) is 40.7 Å². The minimum atomic E-state index is 0.258. The van der Waals surface area contributed by atoms with E-state index in [4.69, 9.17) is 5.73 Å². The van der Waals surface area contributed by atoms with Gasteiger partial charge in [-0.2, -0.15) is 0 Å². The maximum absolute atomic E-state index is 6.35. The van der Waals surface area contributed by atoms with Crippen LogP contribution in [0.15, 0.2) is 42.5 Å². The van der Waals surface area contributed by atoms with Crippen molar-refractivity contribution in [3.05, 3.63) is 70.3 Å². The fourth-order valence-corrected chi connectivity index (χ4v) is 3.11. The minimum absolute atomic E-state index is 0.258. The van der Waals surface area contributed by atoms with Crippen LogP contribution in [0.5, 0.6) is 0 Å². The summed E-state index contributed by atoms with van der Waals surface area (Å²) < 4.78 is 0. The second kappa shape index (κ2) is 7.42. The Morgan fingerprint density at radius 2 is 1.57 bits per heavy atom. The van der Waals surface area contributed by atoms with Gasteiger partial charge in [0.15, 0.2) is 0 Å². The molecule has 1 heteroatoms. The fourth-order valence-electron chi connectivity index (χ4n) is 3.11. The first-order chi connectivity index (χ1) is 10.1. The van der Waals surface area contributed by atoms with Gasteiger partial charge in [-0.1, -0.05) is 48.0 Å². The van der Waals surface area contributed by atoms with Crippen molar-refractivity contribution in [3.63, 3.8) is 0 Å². The van der Waals surface area contributed by atoms with Gasteiger partial charge in [-0.3, -0.25) is 0 Å². The van der Waals surface area contributed by atoms with Gasteiger partial charge in [0.05, 0.1) is 0 Å². The molecule has 0 saturated carbocycles. The molecule has 0 heterocycles. The van der Waals surface area contributed by atoms with Gasteiger partial charge in [0.25, 0.3) is 0 Å². The standard InChI is InChI=1S/C20H27N/c1-15-12-16(2)20(17(3)13-15)14-19(21)11-7-10-18-8-5-4-6-9-18/h4-6,8-9,12-13,19H,7,10-11,14,21H2,1-3H3. The molecule has 0 aliphatic rings. The van der Waals surface area contributed by atoms with Crippen molar-refractivity contribution in [1.82, 2.24) is 0 Å². The number of nitrogens with two attached hydrogens (primary N) is 1. The van der Waals surface area contributed by atoms with E-state index in [1.54, 1.807) is 0 Å². The van der Waals surface area contributed by atoms with E-state index in [1.165, 1.54) is 27.8 Å². The molecule has 0 amide bonds.